The van der Waals surface area contributed by atoms with Crippen molar-refractivity contribution in [3.8, 4) is 0 Å². The molecule has 2 aromatic carbocycles. The van der Waals surface area contributed by atoms with E-state index in [4.69, 9.17) is 10.2 Å². The maximum atomic E-state index is 12.3. The molecule has 1 amide bonds. The number of rotatable bonds is 8. The van der Waals surface area contributed by atoms with Crippen molar-refractivity contribution < 1.29 is 24.6 Å². The average Bonchev–Trinajstić information content (AvgIpc) is 2.78. The number of nitrogens with zero attached hydrogens (tertiary/aromatic N) is 1. The molecule has 2 aromatic rings. The van der Waals surface area contributed by atoms with Gasteiger partial charge in [-0.1, -0.05) is 56.3 Å². The Morgan fingerprint density at radius 1 is 1.03 bits per heavy atom. The molecule has 0 fully saturated rings. The van der Waals surface area contributed by atoms with Gasteiger partial charge in [0.05, 0.1) is 0 Å². The minimum absolute atomic E-state index is 0.0658. The number of amides is 1. The third-order valence-electron chi connectivity index (χ3n) is 5.26. The van der Waals surface area contributed by atoms with Gasteiger partial charge in [-0.05, 0) is 29.8 Å². The van der Waals surface area contributed by atoms with E-state index in [1.54, 1.807) is 0 Å². The van der Waals surface area contributed by atoms with Gasteiger partial charge >= 0.3 is 11.9 Å². The van der Waals surface area contributed by atoms with Crippen LogP contribution in [0.25, 0.3) is 0 Å². The van der Waals surface area contributed by atoms with E-state index < -0.39 is 11.9 Å². The van der Waals surface area contributed by atoms with Crippen LogP contribution in [0.2, 0.25) is 0 Å². The van der Waals surface area contributed by atoms with E-state index in [1.807, 2.05) is 6.07 Å². The van der Waals surface area contributed by atoms with Crippen molar-refractivity contribution in [1.29, 1.82) is 0 Å². The third-order valence-corrected chi connectivity index (χ3v) is 5.26. The molecule has 0 radical (unpaired) electrons. The predicted molar refractivity (Wildman–Crippen MR) is 132 cm³/mol. The lowest BCUT2D eigenvalue weighted by molar-refractivity contribution is -0.134. The predicted octanol–water partition coefficient (Wildman–Crippen LogP) is 3.30. The second-order valence-electron chi connectivity index (χ2n) is 8.45. The van der Waals surface area contributed by atoms with Gasteiger partial charge < -0.3 is 25.7 Å². The Balaban J connectivity index is 0.000000440. The van der Waals surface area contributed by atoms with E-state index in [-0.39, 0.29) is 5.91 Å². The van der Waals surface area contributed by atoms with Gasteiger partial charge in [-0.3, -0.25) is 4.79 Å². The number of carboxylic acids is 2. The lowest BCUT2D eigenvalue weighted by atomic mass is 9.84. The first-order valence-corrected chi connectivity index (χ1v) is 11.2. The number of aliphatic carboxylic acids is 2. The summed E-state index contributed by atoms with van der Waals surface area (Å²) >= 11 is 0. The van der Waals surface area contributed by atoms with Gasteiger partial charge in [0.25, 0.3) is 0 Å². The fourth-order valence-corrected chi connectivity index (χ4v) is 3.77. The zero-order valence-corrected chi connectivity index (χ0v) is 19.8. The van der Waals surface area contributed by atoms with Gasteiger partial charge in [-0.2, -0.15) is 0 Å². The molecule has 0 saturated carbocycles. The standard InChI is InChI=1S/C22H29N3O.C4H4O4/c1-16(2)23-13-12-22(26)24-21-11-7-10-18-19(14-25(3)15-20(18)21)17-8-5-4-6-9-17;5-3(6)1-2-4(7)8/h4-11,16,19,23H,12-15H2,1-3H3,(H,24,26);1-2H,(H,5,6)(H,7,8)/b;2-1-. The van der Waals surface area contributed by atoms with Crippen molar-refractivity contribution in [3.05, 3.63) is 77.4 Å². The molecule has 1 aliphatic rings. The number of anilines is 1. The Bertz CT molecular complexity index is 989. The summed E-state index contributed by atoms with van der Waals surface area (Å²) in [6.07, 6.45) is 1.60. The molecule has 0 bridgehead atoms. The fraction of sp³-hybridized carbons (Fsp3) is 0.346. The Morgan fingerprint density at radius 2 is 1.68 bits per heavy atom. The van der Waals surface area contributed by atoms with Crippen molar-refractivity contribution in [1.82, 2.24) is 10.2 Å². The summed E-state index contributed by atoms with van der Waals surface area (Å²) in [5.41, 5.74) is 4.84. The molecule has 1 unspecified atom stereocenters. The number of carbonyl (C=O) groups is 3. The highest BCUT2D eigenvalue weighted by Crippen LogP contribution is 2.36. The third kappa shape index (κ3) is 8.80. The van der Waals surface area contributed by atoms with Crippen LogP contribution in [0.5, 0.6) is 0 Å². The molecular formula is C26H33N3O5. The molecule has 4 N–H and O–H groups in total. The summed E-state index contributed by atoms with van der Waals surface area (Å²) in [5.74, 6) is -2.11. The summed E-state index contributed by atoms with van der Waals surface area (Å²) in [4.78, 5) is 33.8. The number of hydrogen-bond donors (Lipinski definition) is 4. The Hall–Kier alpha value is -3.49. The van der Waals surface area contributed by atoms with Crippen LogP contribution < -0.4 is 10.6 Å². The lowest BCUT2D eigenvalue weighted by Gasteiger charge is -2.34. The quantitative estimate of drug-likeness (QED) is 0.440. The maximum absolute atomic E-state index is 12.3. The second kappa shape index (κ2) is 13.3. The molecule has 8 heteroatoms. The Morgan fingerprint density at radius 3 is 2.26 bits per heavy atom. The van der Waals surface area contributed by atoms with Crippen LogP contribution in [0.15, 0.2) is 60.7 Å². The number of carbonyl (C=O) groups excluding carboxylic acids is 1. The first-order valence-electron chi connectivity index (χ1n) is 11.2. The van der Waals surface area contributed by atoms with Crippen LogP contribution in [-0.2, 0) is 20.9 Å². The molecule has 1 atom stereocenters. The highest BCUT2D eigenvalue weighted by atomic mass is 16.4. The molecule has 0 saturated heterocycles. The van der Waals surface area contributed by atoms with E-state index >= 15 is 0 Å². The van der Waals surface area contributed by atoms with E-state index in [1.165, 1.54) is 16.7 Å². The summed E-state index contributed by atoms with van der Waals surface area (Å²) in [6.45, 7) is 6.73. The molecular weight excluding hydrogens is 434 g/mol. The molecule has 34 heavy (non-hydrogen) atoms. The van der Waals surface area contributed by atoms with Crippen molar-refractivity contribution >= 4 is 23.5 Å². The van der Waals surface area contributed by atoms with E-state index in [0.29, 0.717) is 37.1 Å². The topological polar surface area (TPSA) is 119 Å². The van der Waals surface area contributed by atoms with Gasteiger partial charge in [0.15, 0.2) is 0 Å². The van der Waals surface area contributed by atoms with Gasteiger partial charge in [0, 0.05) is 55.9 Å². The van der Waals surface area contributed by atoms with Gasteiger partial charge in [0.2, 0.25) is 5.91 Å². The van der Waals surface area contributed by atoms with Crippen LogP contribution >= 0.6 is 0 Å². The smallest absolute Gasteiger partial charge is 0.328 e. The first kappa shape index (κ1) is 26.8. The molecule has 0 aromatic heterocycles. The van der Waals surface area contributed by atoms with Crippen LogP contribution in [0.4, 0.5) is 5.69 Å². The zero-order valence-electron chi connectivity index (χ0n) is 19.8. The van der Waals surface area contributed by atoms with Crippen LogP contribution in [0, 0.1) is 0 Å². The number of carboxylic acid groups (broad SMARTS) is 2. The zero-order chi connectivity index (χ0) is 25.1. The number of benzene rings is 2. The maximum Gasteiger partial charge on any atom is 0.328 e. The fourth-order valence-electron chi connectivity index (χ4n) is 3.77. The molecule has 0 aliphatic carbocycles. The molecule has 3 rings (SSSR count). The minimum atomic E-state index is -1.26. The van der Waals surface area contributed by atoms with Crippen LogP contribution in [-0.4, -0.2) is 59.1 Å². The molecule has 182 valence electrons. The van der Waals surface area contributed by atoms with Crippen LogP contribution in [0.1, 0.15) is 42.9 Å². The van der Waals surface area contributed by atoms with Gasteiger partial charge in [-0.15, -0.1) is 0 Å². The number of nitrogens with one attached hydrogen (secondary N) is 2. The van der Waals surface area contributed by atoms with Crippen molar-refractivity contribution in [2.45, 2.75) is 38.8 Å². The highest BCUT2D eigenvalue weighted by molar-refractivity contribution is 5.92. The minimum Gasteiger partial charge on any atom is -0.478 e. The normalized spacial score (nSPS) is 15.4. The Kier molecular flexibility index (Phi) is 10.4. The van der Waals surface area contributed by atoms with Crippen molar-refractivity contribution in [2.24, 2.45) is 0 Å². The first-order chi connectivity index (χ1) is 16.2. The number of fused-ring (bicyclic) bond motifs is 1. The summed E-state index contributed by atoms with van der Waals surface area (Å²) < 4.78 is 0. The van der Waals surface area contributed by atoms with Crippen LogP contribution in [0.3, 0.4) is 0 Å². The monoisotopic (exact) mass is 467 g/mol. The van der Waals surface area contributed by atoms with Crippen molar-refractivity contribution in [2.75, 3.05) is 25.5 Å². The highest BCUT2D eigenvalue weighted by Gasteiger charge is 2.26. The number of hydrogen-bond acceptors (Lipinski definition) is 5. The molecule has 8 nitrogen and oxygen atoms in total. The summed E-state index contributed by atoms with van der Waals surface area (Å²) in [7, 11) is 2.14. The lowest BCUT2D eigenvalue weighted by Crippen LogP contribution is -2.32. The largest absolute Gasteiger partial charge is 0.478 e. The van der Waals surface area contributed by atoms with Crippen molar-refractivity contribution in [3.63, 3.8) is 0 Å². The van der Waals surface area contributed by atoms with E-state index in [2.05, 4.69) is 78.9 Å². The van der Waals surface area contributed by atoms with E-state index in [0.717, 1.165) is 18.8 Å². The van der Waals surface area contributed by atoms with Gasteiger partial charge in [0.1, 0.15) is 0 Å². The SMILES string of the molecule is CC(C)NCCC(=O)Nc1cccc2c1CN(C)CC2c1ccccc1.O=C(O)/C=C\C(=O)O. The Labute approximate surface area is 200 Å². The summed E-state index contributed by atoms with van der Waals surface area (Å²) in [5, 5.41) is 22.0. The molecule has 1 heterocycles. The molecule has 1 aliphatic heterocycles. The van der Waals surface area contributed by atoms with Gasteiger partial charge in [-0.25, -0.2) is 9.59 Å². The second-order valence-corrected chi connectivity index (χ2v) is 8.45. The average molecular weight is 468 g/mol. The summed E-state index contributed by atoms with van der Waals surface area (Å²) in [6, 6.07) is 17.3. The van der Waals surface area contributed by atoms with E-state index in [9.17, 15) is 14.4 Å². The molecule has 0 spiro atoms. The number of likely N-dealkylation sites (N-methyl/N-ethyl adjacent to an activating group) is 1.